The molecule has 0 aliphatic carbocycles. The molecule has 0 radical (unpaired) electrons. The number of ether oxygens (including phenoxy) is 17. The van der Waals surface area contributed by atoms with E-state index >= 15 is 0 Å². The highest BCUT2D eigenvalue weighted by Crippen LogP contribution is 2.46. The smallest absolute Gasteiger partial charge is 0.470 e. The van der Waals surface area contributed by atoms with Crippen LogP contribution in [0.1, 0.15) is 12.8 Å². The number of carboxylic acids is 2. The van der Waals surface area contributed by atoms with Gasteiger partial charge in [0.2, 0.25) is 0 Å². The molecule has 9 heterocycles. The third kappa shape index (κ3) is 19.8. The normalized spacial score (nSPS) is 49.9. The van der Waals surface area contributed by atoms with Gasteiger partial charge in [-0.1, -0.05) is 0 Å². The number of carbonyl (C=O) groups is 2. The Kier molecular flexibility index (Phi) is 32.2. The van der Waals surface area contributed by atoms with Gasteiger partial charge >= 0.3 is 19.8 Å². The SMILES string of the molecule is NC1C(O)OC(COC2OC(COC3(C(=O)O)CC(OC4(C(=O)O)CC(O)C(O)C(C(O)CO)O4)C(OC4OC(COC5OC(CO)C(O)C(O)C5OC5OC(CO)C(O)C(O)C5O)C(OC5OC(CO)C(O)C(O)C5O)C(OC5OC(CO)C(O)C(O)C5O)C4O)C(C(O)CO)O3)C(OP(=O)(O)O)C(O)C2N)C(O)C1O. The second kappa shape index (κ2) is 38.8. The number of phosphoric ester groups is 1. The molecule has 9 rings (SSSR count). The number of phosphoric acid groups is 1. The molecule has 0 amide bonds. The molecule has 0 aromatic rings. The van der Waals surface area contributed by atoms with Crippen LogP contribution in [0.3, 0.4) is 0 Å². The molecule has 53 nitrogen and oxygen atoms in total. The lowest BCUT2D eigenvalue weighted by Crippen LogP contribution is -2.71. The molecule has 112 heavy (non-hydrogen) atoms. The molecule has 652 valence electrons. The maximum atomic E-state index is 14.2. The van der Waals surface area contributed by atoms with Crippen LogP contribution in [0.5, 0.6) is 0 Å². The number of nitrogens with two attached hydrogens (primary N) is 2. The first kappa shape index (κ1) is 93.1. The quantitative estimate of drug-likeness (QED) is 0.0287. The van der Waals surface area contributed by atoms with Crippen molar-refractivity contribution in [1.82, 2.24) is 0 Å². The largest absolute Gasteiger partial charge is 0.477 e. The molecule has 45 atom stereocenters. The average molecular weight is 1670 g/mol. The monoisotopic (exact) mass is 1670 g/mol. The summed E-state index contributed by atoms with van der Waals surface area (Å²) in [7, 11) is -5.87. The summed E-state index contributed by atoms with van der Waals surface area (Å²) in [5.41, 5.74) is 11.8. The van der Waals surface area contributed by atoms with Crippen molar-refractivity contribution in [3.05, 3.63) is 0 Å². The Hall–Kier alpha value is -2.75. The van der Waals surface area contributed by atoms with Crippen LogP contribution in [0, 0.1) is 0 Å². The summed E-state index contributed by atoms with van der Waals surface area (Å²) in [6.07, 6.45) is -98.3. The van der Waals surface area contributed by atoms with E-state index in [1.165, 1.54) is 0 Å². The third-order valence-corrected chi connectivity index (χ3v) is 20.9. The van der Waals surface area contributed by atoms with Crippen LogP contribution in [-0.4, -0.2) is 499 Å². The van der Waals surface area contributed by atoms with Crippen molar-refractivity contribution in [2.75, 3.05) is 59.5 Å². The number of aliphatic hydroxyl groups is 26. The Bertz CT molecular complexity index is 3020. The van der Waals surface area contributed by atoms with Crippen LogP contribution >= 0.6 is 7.82 Å². The van der Waals surface area contributed by atoms with E-state index in [4.69, 9.17) is 96.5 Å². The van der Waals surface area contributed by atoms with Gasteiger partial charge in [-0.25, -0.2) is 14.2 Å². The molecule has 0 aromatic carbocycles. The molecule has 34 N–H and O–H groups in total. The predicted molar refractivity (Wildman–Crippen MR) is 334 cm³/mol. The molecule has 9 saturated heterocycles. The Morgan fingerprint density at radius 3 is 1.29 bits per heavy atom. The molecule has 0 aromatic heterocycles. The number of rotatable bonds is 31. The highest BCUT2D eigenvalue weighted by Gasteiger charge is 2.65. The predicted octanol–water partition coefficient (Wildman–Crippen LogP) is -20.9. The maximum Gasteiger partial charge on any atom is 0.470 e. The first-order valence-electron chi connectivity index (χ1n) is 34.7. The van der Waals surface area contributed by atoms with E-state index < -0.39 is 367 Å². The summed E-state index contributed by atoms with van der Waals surface area (Å²) >= 11 is 0. The fraction of sp³-hybridized carbons (Fsp3) is 0.966. The zero-order chi connectivity index (χ0) is 83.0. The zero-order valence-corrected chi connectivity index (χ0v) is 59.1. The third-order valence-electron chi connectivity index (χ3n) is 20.4. The maximum absolute atomic E-state index is 14.2. The van der Waals surface area contributed by atoms with Crippen LogP contribution < -0.4 is 11.5 Å². The van der Waals surface area contributed by atoms with Gasteiger partial charge in [0, 0.05) is 12.8 Å². The van der Waals surface area contributed by atoms with Crippen molar-refractivity contribution < 1.29 is 252 Å². The van der Waals surface area contributed by atoms with E-state index in [0.717, 1.165) is 0 Å². The van der Waals surface area contributed by atoms with Gasteiger partial charge in [0.25, 0.3) is 11.6 Å². The van der Waals surface area contributed by atoms with Gasteiger partial charge in [0.1, 0.15) is 195 Å². The molecule has 9 aliphatic heterocycles. The van der Waals surface area contributed by atoms with Crippen LogP contribution in [0.25, 0.3) is 0 Å². The van der Waals surface area contributed by atoms with E-state index in [0.29, 0.717) is 0 Å². The minimum Gasteiger partial charge on any atom is -0.477 e. The standard InChI is InChI=1S/C58H99N2O51P/c59-23-31(76)30(75)20(97-48(23)86)9-94-49-24(60)32(77)43(111-112(91,92)93)22(102-49)11-96-57(55(87)88)2-15(108-58(56(89)90)1-12(67)25(70)41(109-58)13(68)3-61)44(42(110-57)14(69)4-62)104-53-40(85)46(106-51-38(83)34(79)27(72)17(6-64)99-51)45(105-50-37(82)33(78)26(71)16(5-63)98-50)21(103-53)10-95-54-47(36(81)29(74)19(8-66)101-54)107-52-39(84)35(80)28(73)18(7-65)100-52/h12-54,61-86H,1-11,59-60H2,(H,87,88)(H,89,90)(H2,91,92,93). The van der Waals surface area contributed by atoms with Gasteiger partial charge < -0.3 is 245 Å². The Labute approximate surface area is 629 Å². The molecule has 9 aliphatic rings. The van der Waals surface area contributed by atoms with Gasteiger partial charge in [-0.2, -0.15) is 0 Å². The number of hydrogen-bond acceptors (Lipinski definition) is 49. The Morgan fingerprint density at radius 2 is 0.795 bits per heavy atom. The molecule has 0 spiro atoms. The van der Waals surface area contributed by atoms with E-state index in [9.17, 15) is 167 Å². The molecular formula is C58H99N2O51P. The number of carboxylic acid groups (broad SMARTS) is 2. The summed E-state index contributed by atoms with van der Waals surface area (Å²) in [4.78, 5) is 48.2. The first-order chi connectivity index (χ1) is 52.6. The van der Waals surface area contributed by atoms with Gasteiger partial charge in [-0.05, 0) is 0 Å². The van der Waals surface area contributed by atoms with E-state index in [-0.39, 0.29) is 0 Å². The van der Waals surface area contributed by atoms with E-state index in [1.807, 2.05) is 0 Å². The van der Waals surface area contributed by atoms with Crippen LogP contribution in [0.4, 0.5) is 0 Å². The fourth-order valence-electron chi connectivity index (χ4n) is 13.9. The van der Waals surface area contributed by atoms with Gasteiger partial charge in [-0.15, -0.1) is 0 Å². The molecule has 45 unspecified atom stereocenters. The van der Waals surface area contributed by atoms with Gasteiger partial charge in [-0.3, -0.25) is 4.52 Å². The van der Waals surface area contributed by atoms with Crippen LogP contribution in [-0.2, 0) is 99.2 Å². The van der Waals surface area contributed by atoms with Crippen molar-refractivity contribution in [1.29, 1.82) is 0 Å². The van der Waals surface area contributed by atoms with Crippen molar-refractivity contribution in [3.8, 4) is 0 Å². The van der Waals surface area contributed by atoms with Crippen molar-refractivity contribution >= 4 is 19.8 Å². The molecule has 0 bridgehead atoms. The minimum atomic E-state index is -5.87. The average Bonchev–Trinajstić information content (AvgIpc) is 0.742. The zero-order valence-electron chi connectivity index (χ0n) is 58.2. The van der Waals surface area contributed by atoms with Gasteiger partial charge in [0.15, 0.2) is 44.0 Å². The van der Waals surface area contributed by atoms with E-state index in [2.05, 4.69) is 0 Å². The highest BCUT2D eigenvalue weighted by molar-refractivity contribution is 7.46. The second-order valence-corrected chi connectivity index (χ2v) is 29.1. The highest BCUT2D eigenvalue weighted by atomic mass is 31.2. The lowest BCUT2D eigenvalue weighted by atomic mass is 9.89. The summed E-state index contributed by atoms with van der Waals surface area (Å²) < 4.78 is 117. The van der Waals surface area contributed by atoms with Gasteiger partial charge in [0.05, 0.1) is 83.8 Å². The second-order valence-electron chi connectivity index (χ2n) is 27.9. The van der Waals surface area contributed by atoms with Crippen molar-refractivity contribution in [2.45, 2.75) is 288 Å². The summed E-state index contributed by atoms with van der Waals surface area (Å²) in [5, 5.41) is 307. The topological polar surface area (TPSA) is 876 Å². The Balaban J connectivity index is 1.17. The number of aliphatic hydroxyl groups excluding tert-OH is 26. The molecule has 54 heteroatoms. The Morgan fingerprint density at radius 1 is 0.393 bits per heavy atom. The van der Waals surface area contributed by atoms with E-state index in [1.54, 1.807) is 0 Å². The minimum absolute atomic E-state index is 0.942. The lowest BCUT2D eigenvalue weighted by Gasteiger charge is -2.53. The van der Waals surface area contributed by atoms with Crippen molar-refractivity contribution in [3.63, 3.8) is 0 Å². The summed E-state index contributed by atoms with van der Waals surface area (Å²) in [5.74, 6) is -12.2. The van der Waals surface area contributed by atoms with Crippen LogP contribution in [0.2, 0.25) is 0 Å². The molecular weight excluding hydrogens is 1570 g/mol. The fourth-order valence-corrected chi connectivity index (χ4v) is 14.5. The molecule has 9 fully saturated rings. The first-order valence-corrected chi connectivity index (χ1v) is 36.2. The molecule has 0 saturated carbocycles. The number of aliphatic carboxylic acids is 2. The summed E-state index contributed by atoms with van der Waals surface area (Å²) in [6, 6.07) is -3.56. The number of hydrogen-bond donors (Lipinski definition) is 32. The summed E-state index contributed by atoms with van der Waals surface area (Å²) in [6.45, 7) is -11.6. The van der Waals surface area contributed by atoms with Crippen molar-refractivity contribution in [2.24, 2.45) is 11.5 Å². The lowest BCUT2D eigenvalue weighted by molar-refractivity contribution is -0.415. The van der Waals surface area contributed by atoms with Crippen LogP contribution in [0.15, 0.2) is 0 Å².